The van der Waals surface area contributed by atoms with E-state index in [2.05, 4.69) is 29.4 Å². The van der Waals surface area contributed by atoms with Crippen LogP contribution in [0.3, 0.4) is 0 Å². The van der Waals surface area contributed by atoms with Crippen LogP contribution >= 0.6 is 0 Å². The highest BCUT2D eigenvalue weighted by Crippen LogP contribution is 2.34. The standard InChI is InChI=1S/C25H22N2O3/c28-24(16-30-25(29)19-11-12-19)27-23(18-7-2-1-3-8-18)15-22(26-27)21-13-10-17-6-4-5-9-20(17)14-21/h1-10,13-14,19,23H,11-12,15-16H2. The lowest BCUT2D eigenvalue weighted by molar-refractivity contribution is -0.153. The monoisotopic (exact) mass is 398 g/mol. The van der Waals surface area contributed by atoms with Gasteiger partial charge in [0.15, 0.2) is 6.61 Å². The molecule has 150 valence electrons. The van der Waals surface area contributed by atoms with Crippen LogP contribution in [0.15, 0.2) is 77.9 Å². The molecular formula is C25H22N2O3. The van der Waals surface area contributed by atoms with Crippen molar-refractivity contribution in [3.05, 3.63) is 83.9 Å². The third kappa shape index (κ3) is 3.71. The molecule has 0 radical (unpaired) electrons. The molecule has 0 saturated heterocycles. The van der Waals surface area contributed by atoms with Gasteiger partial charge in [0.2, 0.25) is 0 Å². The average molecular weight is 398 g/mol. The van der Waals surface area contributed by atoms with Gasteiger partial charge in [-0.05, 0) is 40.8 Å². The van der Waals surface area contributed by atoms with Gasteiger partial charge < -0.3 is 4.74 Å². The Kier molecular flexibility index (Phi) is 4.79. The molecule has 5 rings (SSSR count). The Balaban J connectivity index is 1.43. The van der Waals surface area contributed by atoms with E-state index >= 15 is 0 Å². The van der Waals surface area contributed by atoms with E-state index < -0.39 is 0 Å². The van der Waals surface area contributed by atoms with Crippen molar-refractivity contribution in [2.75, 3.05) is 6.61 Å². The SMILES string of the molecule is O=C(OCC(=O)N1N=C(c2ccc3ccccc3c2)CC1c1ccccc1)C1CC1. The van der Waals surface area contributed by atoms with Gasteiger partial charge in [-0.1, -0.05) is 66.7 Å². The predicted octanol–water partition coefficient (Wildman–Crippen LogP) is 4.47. The third-order valence-corrected chi connectivity index (χ3v) is 5.68. The van der Waals surface area contributed by atoms with Crippen LogP contribution in [0.25, 0.3) is 10.8 Å². The molecule has 30 heavy (non-hydrogen) atoms. The summed E-state index contributed by atoms with van der Waals surface area (Å²) in [6.45, 7) is -0.271. The van der Waals surface area contributed by atoms with Crippen LogP contribution in [0.1, 0.15) is 36.4 Å². The molecule has 1 atom stereocenters. The van der Waals surface area contributed by atoms with Crippen molar-refractivity contribution in [1.82, 2.24) is 5.01 Å². The first-order valence-electron chi connectivity index (χ1n) is 10.3. The number of ether oxygens (including phenoxy) is 1. The Morgan fingerprint density at radius 1 is 0.933 bits per heavy atom. The summed E-state index contributed by atoms with van der Waals surface area (Å²) >= 11 is 0. The number of hydrogen-bond acceptors (Lipinski definition) is 4. The minimum Gasteiger partial charge on any atom is -0.455 e. The summed E-state index contributed by atoms with van der Waals surface area (Å²) in [4.78, 5) is 24.8. The smallest absolute Gasteiger partial charge is 0.309 e. The van der Waals surface area contributed by atoms with Gasteiger partial charge >= 0.3 is 5.97 Å². The second-order valence-corrected chi connectivity index (χ2v) is 7.86. The zero-order valence-corrected chi connectivity index (χ0v) is 16.5. The minimum absolute atomic E-state index is 0.0297. The number of hydrogen-bond donors (Lipinski definition) is 0. The molecule has 1 aliphatic heterocycles. The van der Waals surface area contributed by atoms with Crippen LogP contribution in [0.4, 0.5) is 0 Å². The second-order valence-electron chi connectivity index (χ2n) is 7.86. The molecule has 5 nitrogen and oxygen atoms in total. The molecule has 2 aliphatic rings. The molecule has 0 bridgehead atoms. The molecule has 1 fully saturated rings. The molecule has 1 aliphatic carbocycles. The fourth-order valence-electron chi connectivity index (χ4n) is 3.85. The molecule has 3 aromatic rings. The fourth-order valence-corrected chi connectivity index (χ4v) is 3.85. The zero-order chi connectivity index (χ0) is 20.5. The Morgan fingerprint density at radius 2 is 1.67 bits per heavy atom. The first kappa shape index (κ1) is 18.6. The third-order valence-electron chi connectivity index (χ3n) is 5.68. The molecule has 1 saturated carbocycles. The maximum atomic E-state index is 12.9. The van der Waals surface area contributed by atoms with Gasteiger partial charge in [0, 0.05) is 6.42 Å². The van der Waals surface area contributed by atoms with E-state index in [0.717, 1.165) is 35.1 Å². The van der Waals surface area contributed by atoms with Gasteiger partial charge in [0.1, 0.15) is 0 Å². The number of esters is 1. The van der Waals surface area contributed by atoms with Gasteiger partial charge in [0.05, 0.1) is 17.7 Å². The summed E-state index contributed by atoms with van der Waals surface area (Å²) in [6, 6.07) is 24.1. The molecule has 1 heterocycles. The maximum absolute atomic E-state index is 12.9. The molecule has 5 heteroatoms. The van der Waals surface area contributed by atoms with E-state index in [9.17, 15) is 9.59 Å². The Bertz CT molecular complexity index is 1140. The maximum Gasteiger partial charge on any atom is 0.309 e. The molecule has 3 aromatic carbocycles. The highest BCUT2D eigenvalue weighted by molar-refractivity contribution is 6.05. The van der Waals surface area contributed by atoms with E-state index in [-0.39, 0.29) is 30.4 Å². The fraction of sp³-hybridized carbons (Fsp3) is 0.240. The average Bonchev–Trinajstić information content (AvgIpc) is 3.55. The summed E-state index contributed by atoms with van der Waals surface area (Å²) in [7, 11) is 0. The number of carbonyl (C=O) groups is 2. The number of fused-ring (bicyclic) bond motifs is 1. The highest BCUT2D eigenvalue weighted by atomic mass is 16.5. The number of nitrogens with zero attached hydrogens (tertiary/aromatic N) is 2. The van der Waals surface area contributed by atoms with Crippen molar-refractivity contribution in [1.29, 1.82) is 0 Å². The second kappa shape index (κ2) is 7.75. The van der Waals surface area contributed by atoms with Crippen LogP contribution in [-0.4, -0.2) is 29.2 Å². The van der Waals surface area contributed by atoms with Gasteiger partial charge in [-0.25, -0.2) is 5.01 Å². The van der Waals surface area contributed by atoms with Crippen molar-refractivity contribution in [2.45, 2.75) is 25.3 Å². The minimum atomic E-state index is -0.298. The first-order valence-corrected chi connectivity index (χ1v) is 10.3. The largest absolute Gasteiger partial charge is 0.455 e. The molecule has 1 amide bonds. The Labute approximate surface area is 175 Å². The number of carbonyl (C=O) groups excluding carboxylic acids is 2. The van der Waals surface area contributed by atoms with Crippen LogP contribution in [0.2, 0.25) is 0 Å². The molecule has 0 aromatic heterocycles. The number of benzene rings is 3. The zero-order valence-electron chi connectivity index (χ0n) is 16.5. The Morgan fingerprint density at radius 3 is 2.43 bits per heavy atom. The molecule has 0 N–H and O–H groups in total. The van der Waals surface area contributed by atoms with Crippen LogP contribution in [0, 0.1) is 5.92 Å². The quantitative estimate of drug-likeness (QED) is 0.596. The Hall–Kier alpha value is -3.47. The van der Waals surface area contributed by atoms with Gasteiger partial charge in [-0.2, -0.15) is 5.10 Å². The molecule has 0 spiro atoms. The highest BCUT2D eigenvalue weighted by Gasteiger charge is 2.35. The van der Waals surface area contributed by atoms with Crippen molar-refractivity contribution in [2.24, 2.45) is 11.0 Å². The van der Waals surface area contributed by atoms with Crippen molar-refractivity contribution >= 4 is 28.4 Å². The van der Waals surface area contributed by atoms with Crippen LogP contribution < -0.4 is 0 Å². The number of hydrazone groups is 1. The summed E-state index contributed by atoms with van der Waals surface area (Å²) in [5, 5.41) is 8.46. The summed E-state index contributed by atoms with van der Waals surface area (Å²) in [5.74, 6) is -0.607. The van der Waals surface area contributed by atoms with E-state index in [1.807, 2.05) is 48.5 Å². The lowest BCUT2D eigenvalue weighted by Gasteiger charge is -2.21. The summed E-state index contributed by atoms with van der Waals surface area (Å²) in [5.41, 5.74) is 2.87. The van der Waals surface area contributed by atoms with E-state index in [0.29, 0.717) is 6.42 Å². The van der Waals surface area contributed by atoms with E-state index in [1.54, 1.807) is 0 Å². The van der Waals surface area contributed by atoms with E-state index in [1.165, 1.54) is 10.4 Å². The lowest BCUT2D eigenvalue weighted by Crippen LogP contribution is -2.31. The normalized spacial score (nSPS) is 18.3. The molecular weight excluding hydrogens is 376 g/mol. The summed E-state index contributed by atoms with van der Waals surface area (Å²) < 4.78 is 5.22. The van der Waals surface area contributed by atoms with Gasteiger partial charge in [-0.3, -0.25) is 9.59 Å². The van der Waals surface area contributed by atoms with Crippen LogP contribution in [0.5, 0.6) is 0 Å². The topological polar surface area (TPSA) is 59.0 Å². The van der Waals surface area contributed by atoms with Gasteiger partial charge in [-0.15, -0.1) is 0 Å². The van der Waals surface area contributed by atoms with Crippen molar-refractivity contribution < 1.29 is 14.3 Å². The first-order chi connectivity index (χ1) is 14.7. The van der Waals surface area contributed by atoms with Crippen molar-refractivity contribution in [3.63, 3.8) is 0 Å². The van der Waals surface area contributed by atoms with Crippen molar-refractivity contribution in [3.8, 4) is 0 Å². The van der Waals surface area contributed by atoms with E-state index in [4.69, 9.17) is 4.74 Å². The lowest BCUT2D eigenvalue weighted by atomic mass is 9.97. The predicted molar refractivity (Wildman–Crippen MR) is 115 cm³/mol. The number of amides is 1. The summed E-state index contributed by atoms with van der Waals surface area (Å²) in [6.07, 6.45) is 2.33. The number of rotatable bonds is 5. The van der Waals surface area contributed by atoms with Crippen LogP contribution in [-0.2, 0) is 14.3 Å². The molecule has 1 unspecified atom stereocenters. The van der Waals surface area contributed by atoms with Gasteiger partial charge in [0.25, 0.3) is 5.91 Å².